The molecule has 0 unspecified atom stereocenters. The Morgan fingerprint density at radius 1 is 1.50 bits per heavy atom. The molecule has 1 aliphatic heterocycles. The number of hydrogen-bond acceptors (Lipinski definition) is 4. The summed E-state index contributed by atoms with van der Waals surface area (Å²) in [5.41, 5.74) is 8.02. The number of hydrogen-bond donors (Lipinski definition) is 2. The lowest BCUT2D eigenvalue weighted by Gasteiger charge is -2.17. The largest absolute Gasteiger partial charge is 0.354 e. The van der Waals surface area contributed by atoms with E-state index in [0.717, 1.165) is 36.4 Å². The van der Waals surface area contributed by atoms with E-state index in [4.69, 9.17) is 5.73 Å². The van der Waals surface area contributed by atoms with Crippen LogP contribution < -0.4 is 10.6 Å². The monoisotopic (exact) mass is 217 g/mol. The van der Waals surface area contributed by atoms with Gasteiger partial charge in [0, 0.05) is 25.3 Å². The number of nitrogens with one attached hydrogen (secondary N) is 1. The Bertz CT molecular complexity index is 518. The highest BCUT2D eigenvalue weighted by atomic mass is 15.2. The normalized spacial score (nSPS) is 20.9. The molecule has 1 fully saturated rings. The van der Waals surface area contributed by atoms with Crippen LogP contribution in [0.15, 0.2) is 12.5 Å². The van der Waals surface area contributed by atoms with E-state index in [1.54, 1.807) is 6.33 Å². The van der Waals surface area contributed by atoms with Gasteiger partial charge in [-0.1, -0.05) is 0 Å². The van der Waals surface area contributed by atoms with Gasteiger partial charge >= 0.3 is 0 Å². The molecular formula is C11H15N5. The molecule has 0 spiro atoms. The molecule has 3 N–H and O–H groups in total. The summed E-state index contributed by atoms with van der Waals surface area (Å²) in [5.74, 6) is 1.01. The second kappa shape index (κ2) is 3.45. The number of nitrogens with zero attached hydrogens (tertiary/aromatic N) is 3. The van der Waals surface area contributed by atoms with Gasteiger partial charge < -0.3 is 15.6 Å². The van der Waals surface area contributed by atoms with Crippen molar-refractivity contribution in [1.82, 2.24) is 15.0 Å². The topological polar surface area (TPSA) is 70.8 Å². The van der Waals surface area contributed by atoms with E-state index in [2.05, 4.69) is 26.8 Å². The van der Waals surface area contributed by atoms with Crippen molar-refractivity contribution in [2.24, 2.45) is 5.73 Å². The average Bonchev–Trinajstić information content (AvgIpc) is 2.86. The minimum absolute atomic E-state index is 0.268. The molecule has 1 saturated heterocycles. The molecule has 0 aromatic carbocycles. The van der Waals surface area contributed by atoms with Crippen LogP contribution in [0.25, 0.3) is 11.0 Å². The van der Waals surface area contributed by atoms with E-state index in [9.17, 15) is 0 Å². The molecule has 3 heterocycles. The third kappa shape index (κ3) is 1.36. The predicted octanol–water partition coefficient (Wildman–Crippen LogP) is 0.804. The highest BCUT2D eigenvalue weighted by molar-refractivity contribution is 5.90. The molecule has 1 atom stereocenters. The smallest absolute Gasteiger partial charge is 0.143 e. The summed E-state index contributed by atoms with van der Waals surface area (Å²) < 4.78 is 0. The standard InChI is InChI=1S/C11H15N5/c1-7-4-13-10-9(7)11(15-6-14-10)16-3-2-8(12)5-16/h4,6,8H,2-3,5,12H2,1H3,(H,13,14,15)/t8-/m1/s1. The van der Waals surface area contributed by atoms with Gasteiger partial charge in [-0.3, -0.25) is 0 Å². The SMILES string of the molecule is Cc1c[nH]c2ncnc(N3CC[C@@H](N)C3)c12. The Morgan fingerprint density at radius 2 is 2.38 bits per heavy atom. The van der Waals surface area contributed by atoms with Gasteiger partial charge in [0.1, 0.15) is 17.8 Å². The van der Waals surface area contributed by atoms with Crippen LogP contribution in [-0.4, -0.2) is 34.1 Å². The molecule has 0 bridgehead atoms. The molecule has 0 saturated carbocycles. The zero-order valence-electron chi connectivity index (χ0n) is 9.27. The lowest BCUT2D eigenvalue weighted by molar-refractivity contribution is 0.751. The fourth-order valence-corrected chi connectivity index (χ4v) is 2.32. The van der Waals surface area contributed by atoms with Crippen molar-refractivity contribution in [1.29, 1.82) is 0 Å². The Hall–Kier alpha value is -1.62. The summed E-state index contributed by atoms with van der Waals surface area (Å²) in [6, 6.07) is 0.268. The Kier molecular flexibility index (Phi) is 2.07. The zero-order chi connectivity index (χ0) is 11.1. The average molecular weight is 217 g/mol. The number of anilines is 1. The molecule has 0 radical (unpaired) electrons. The zero-order valence-corrected chi connectivity index (χ0v) is 9.27. The van der Waals surface area contributed by atoms with Gasteiger partial charge in [-0.25, -0.2) is 9.97 Å². The number of rotatable bonds is 1. The summed E-state index contributed by atoms with van der Waals surface area (Å²) in [7, 11) is 0. The molecule has 0 amide bonds. The van der Waals surface area contributed by atoms with Crippen molar-refractivity contribution in [3.63, 3.8) is 0 Å². The van der Waals surface area contributed by atoms with Crippen LogP contribution in [0.3, 0.4) is 0 Å². The van der Waals surface area contributed by atoms with Crippen molar-refractivity contribution in [3.8, 4) is 0 Å². The van der Waals surface area contributed by atoms with Crippen molar-refractivity contribution in [2.75, 3.05) is 18.0 Å². The molecule has 1 aliphatic rings. The van der Waals surface area contributed by atoms with E-state index in [-0.39, 0.29) is 6.04 Å². The first-order valence-corrected chi connectivity index (χ1v) is 5.55. The second-order valence-electron chi connectivity index (χ2n) is 4.39. The summed E-state index contributed by atoms with van der Waals surface area (Å²) in [6.45, 7) is 3.94. The number of aryl methyl sites for hydroxylation is 1. The third-order valence-electron chi connectivity index (χ3n) is 3.17. The van der Waals surface area contributed by atoms with Crippen LogP contribution >= 0.6 is 0 Å². The Labute approximate surface area is 93.7 Å². The molecule has 84 valence electrons. The summed E-state index contributed by atoms with van der Waals surface area (Å²) in [4.78, 5) is 14.0. The first-order chi connectivity index (χ1) is 7.75. The lowest BCUT2D eigenvalue weighted by atomic mass is 10.2. The summed E-state index contributed by atoms with van der Waals surface area (Å²) in [6.07, 6.45) is 4.62. The quantitative estimate of drug-likeness (QED) is 0.741. The Balaban J connectivity index is 2.12. The summed E-state index contributed by atoms with van der Waals surface area (Å²) >= 11 is 0. The van der Waals surface area contributed by atoms with E-state index in [0.29, 0.717) is 0 Å². The number of nitrogens with two attached hydrogens (primary N) is 1. The summed E-state index contributed by atoms with van der Waals surface area (Å²) in [5, 5.41) is 1.12. The van der Waals surface area contributed by atoms with Crippen LogP contribution in [0.4, 0.5) is 5.82 Å². The number of aromatic amines is 1. The van der Waals surface area contributed by atoms with Gasteiger partial charge in [0.25, 0.3) is 0 Å². The number of aromatic nitrogens is 3. The van der Waals surface area contributed by atoms with Crippen molar-refractivity contribution in [2.45, 2.75) is 19.4 Å². The molecule has 0 aliphatic carbocycles. The van der Waals surface area contributed by atoms with Crippen LogP contribution in [0.2, 0.25) is 0 Å². The highest BCUT2D eigenvalue weighted by Gasteiger charge is 2.22. The van der Waals surface area contributed by atoms with Gasteiger partial charge in [-0.15, -0.1) is 0 Å². The highest BCUT2D eigenvalue weighted by Crippen LogP contribution is 2.27. The van der Waals surface area contributed by atoms with E-state index in [1.165, 1.54) is 5.56 Å². The van der Waals surface area contributed by atoms with Crippen LogP contribution in [0.5, 0.6) is 0 Å². The fraction of sp³-hybridized carbons (Fsp3) is 0.455. The minimum Gasteiger partial charge on any atom is -0.354 e. The molecule has 2 aromatic heterocycles. The van der Waals surface area contributed by atoms with Crippen LogP contribution in [0, 0.1) is 6.92 Å². The van der Waals surface area contributed by atoms with E-state index < -0.39 is 0 Å². The van der Waals surface area contributed by atoms with Crippen molar-refractivity contribution < 1.29 is 0 Å². The first kappa shape index (κ1) is 9.59. The fourth-order valence-electron chi connectivity index (χ4n) is 2.32. The molecule has 5 nitrogen and oxygen atoms in total. The van der Waals surface area contributed by atoms with Gasteiger partial charge in [0.05, 0.1) is 5.39 Å². The van der Waals surface area contributed by atoms with Crippen molar-refractivity contribution >= 4 is 16.9 Å². The van der Waals surface area contributed by atoms with E-state index >= 15 is 0 Å². The van der Waals surface area contributed by atoms with Gasteiger partial charge in [0.2, 0.25) is 0 Å². The van der Waals surface area contributed by atoms with Gasteiger partial charge in [0.15, 0.2) is 0 Å². The molecule has 3 rings (SSSR count). The van der Waals surface area contributed by atoms with Gasteiger partial charge in [-0.05, 0) is 18.9 Å². The maximum absolute atomic E-state index is 5.93. The minimum atomic E-state index is 0.268. The van der Waals surface area contributed by atoms with Crippen LogP contribution in [0.1, 0.15) is 12.0 Å². The maximum Gasteiger partial charge on any atom is 0.143 e. The molecular weight excluding hydrogens is 202 g/mol. The lowest BCUT2D eigenvalue weighted by Crippen LogP contribution is -2.27. The Morgan fingerprint density at radius 3 is 3.12 bits per heavy atom. The number of H-pyrrole nitrogens is 1. The third-order valence-corrected chi connectivity index (χ3v) is 3.17. The second-order valence-corrected chi connectivity index (χ2v) is 4.39. The first-order valence-electron chi connectivity index (χ1n) is 5.55. The maximum atomic E-state index is 5.93. The number of fused-ring (bicyclic) bond motifs is 1. The molecule has 2 aromatic rings. The molecule has 16 heavy (non-hydrogen) atoms. The van der Waals surface area contributed by atoms with Gasteiger partial charge in [-0.2, -0.15) is 0 Å². The van der Waals surface area contributed by atoms with Crippen LogP contribution in [-0.2, 0) is 0 Å². The predicted molar refractivity (Wildman–Crippen MR) is 63.4 cm³/mol. The molecule has 5 heteroatoms. The van der Waals surface area contributed by atoms with E-state index in [1.807, 2.05) is 6.20 Å². The van der Waals surface area contributed by atoms with Crippen molar-refractivity contribution in [3.05, 3.63) is 18.1 Å².